The fourth-order valence-electron chi connectivity index (χ4n) is 2.17. The molecule has 0 saturated carbocycles. The van der Waals surface area contributed by atoms with E-state index in [0.29, 0.717) is 25.3 Å². The normalized spacial score (nSPS) is 23.5. The van der Waals surface area contributed by atoms with Gasteiger partial charge in [-0.25, -0.2) is 8.78 Å². The Labute approximate surface area is 119 Å². The minimum atomic E-state index is -0.971. The summed E-state index contributed by atoms with van der Waals surface area (Å²) in [5.41, 5.74) is -0.0851. The van der Waals surface area contributed by atoms with Crippen LogP contribution in [0.4, 0.5) is 8.78 Å². The Hall–Kier alpha value is -1.30. The standard InChI is InChI=1S/C14H17F2NO2S/c1-9-7-13(16)11(8-12(9)15)14(18)17-4-3-10(2)20(19)6-5-17/h7-8,10H,3-6H2,1-2H3/t10-,20+/m1/s1. The summed E-state index contributed by atoms with van der Waals surface area (Å²) < 4.78 is 39.0. The van der Waals surface area contributed by atoms with Crippen molar-refractivity contribution in [1.82, 2.24) is 4.90 Å². The number of benzene rings is 1. The molecule has 1 aliphatic rings. The summed E-state index contributed by atoms with van der Waals surface area (Å²) in [6.45, 7) is 4.05. The van der Waals surface area contributed by atoms with E-state index in [0.717, 1.165) is 12.1 Å². The minimum absolute atomic E-state index is 0.0207. The van der Waals surface area contributed by atoms with Crippen molar-refractivity contribution in [2.24, 2.45) is 0 Å². The van der Waals surface area contributed by atoms with Crippen LogP contribution in [0.25, 0.3) is 0 Å². The van der Waals surface area contributed by atoms with Crippen LogP contribution in [0.3, 0.4) is 0 Å². The van der Waals surface area contributed by atoms with E-state index >= 15 is 0 Å². The van der Waals surface area contributed by atoms with E-state index in [-0.39, 0.29) is 16.4 Å². The summed E-state index contributed by atoms with van der Waals surface area (Å²) in [4.78, 5) is 13.7. The first-order chi connectivity index (χ1) is 9.40. The van der Waals surface area contributed by atoms with Crippen molar-refractivity contribution in [2.75, 3.05) is 18.8 Å². The molecule has 0 unspecified atom stereocenters. The van der Waals surface area contributed by atoms with Gasteiger partial charge in [0, 0.05) is 34.9 Å². The van der Waals surface area contributed by atoms with Crippen molar-refractivity contribution < 1.29 is 17.8 Å². The van der Waals surface area contributed by atoms with Gasteiger partial charge in [0.2, 0.25) is 0 Å². The average molecular weight is 301 g/mol. The first kappa shape index (κ1) is 15.1. The van der Waals surface area contributed by atoms with Gasteiger partial charge in [0.05, 0.1) is 5.56 Å². The van der Waals surface area contributed by atoms with Gasteiger partial charge in [-0.2, -0.15) is 0 Å². The molecule has 1 fully saturated rings. The molecule has 0 spiro atoms. The van der Waals surface area contributed by atoms with Gasteiger partial charge in [0.25, 0.3) is 5.91 Å². The number of hydrogen-bond donors (Lipinski definition) is 0. The second-order valence-corrected chi connectivity index (χ2v) is 7.03. The van der Waals surface area contributed by atoms with Crippen LogP contribution in [0.5, 0.6) is 0 Å². The zero-order valence-electron chi connectivity index (χ0n) is 11.5. The monoisotopic (exact) mass is 301 g/mol. The molecular weight excluding hydrogens is 284 g/mol. The van der Waals surface area contributed by atoms with Crippen molar-refractivity contribution >= 4 is 16.7 Å². The van der Waals surface area contributed by atoms with Crippen LogP contribution in [0.2, 0.25) is 0 Å². The van der Waals surface area contributed by atoms with Gasteiger partial charge < -0.3 is 4.90 Å². The maximum Gasteiger partial charge on any atom is 0.256 e. The lowest BCUT2D eigenvalue weighted by Gasteiger charge is -2.20. The number of rotatable bonds is 1. The molecule has 2 atom stereocenters. The molecule has 0 bridgehead atoms. The molecule has 20 heavy (non-hydrogen) atoms. The molecular formula is C14H17F2NO2S. The number of amides is 1. The van der Waals surface area contributed by atoms with E-state index in [4.69, 9.17) is 0 Å². The van der Waals surface area contributed by atoms with E-state index in [2.05, 4.69) is 0 Å². The number of nitrogens with zero attached hydrogens (tertiary/aromatic N) is 1. The fraction of sp³-hybridized carbons (Fsp3) is 0.500. The largest absolute Gasteiger partial charge is 0.338 e. The number of aryl methyl sites for hydroxylation is 1. The van der Waals surface area contributed by atoms with Gasteiger partial charge in [0.15, 0.2) is 0 Å². The van der Waals surface area contributed by atoms with E-state index in [9.17, 15) is 17.8 Å². The topological polar surface area (TPSA) is 37.4 Å². The van der Waals surface area contributed by atoms with Crippen molar-refractivity contribution in [2.45, 2.75) is 25.5 Å². The Morgan fingerprint density at radius 2 is 2.00 bits per heavy atom. The predicted octanol–water partition coefficient (Wildman–Crippen LogP) is 2.26. The van der Waals surface area contributed by atoms with Crippen LogP contribution in [0.1, 0.15) is 29.3 Å². The van der Waals surface area contributed by atoms with E-state index in [1.54, 1.807) is 0 Å². The molecule has 1 aromatic rings. The molecule has 1 aromatic carbocycles. The Morgan fingerprint density at radius 3 is 2.70 bits per heavy atom. The molecule has 2 rings (SSSR count). The third-order valence-electron chi connectivity index (χ3n) is 3.58. The molecule has 1 saturated heterocycles. The Morgan fingerprint density at radius 1 is 1.30 bits per heavy atom. The molecule has 6 heteroatoms. The number of hydrogen-bond acceptors (Lipinski definition) is 2. The van der Waals surface area contributed by atoms with Crippen molar-refractivity contribution in [3.05, 3.63) is 34.9 Å². The van der Waals surface area contributed by atoms with Gasteiger partial charge in [-0.3, -0.25) is 9.00 Å². The maximum absolute atomic E-state index is 13.8. The van der Waals surface area contributed by atoms with Crippen LogP contribution in [0, 0.1) is 18.6 Å². The summed E-state index contributed by atoms with van der Waals surface area (Å²) >= 11 is 0. The highest BCUT2D eigenvalue weighted by molar-refractivity contribution is 7.85. The average Bonchev–Trinajstić information content (AvgIpc) is 2.56. The molecule has 1 heterocycles. The molecule has 1 aliphatic heterocycles. The van der Waals surface area contributed by atoms with E-state index in [1.165, 1.54) is 11.8 Å². The smallest absolute Gasteiger partial charge is 0.256 e. The summed E-state index contributed by atoms with van der Waals surface area (Å²) in [7, 11) is -0.971. The highest BCUT2D eigenvalue weighted by Crippen LogP contribution is 2.18. The number of carbonyl (C=O) groups excluding carboxylic acids is 1. The molecule has 0 aliphatic carbocycles. The molecule has 0 radical (unpaired) electrons. The Balaban J connectivity index is 2.23. The zero-order chi connectivity index (χ0) is 14.9. The van der Waals surface area contributed by atoms with Crippen LogP contribution in [0.15, 0.2) is 12.1 Å². The van der Waals surface area contributed by atoms with Crippen LogP contribution >= 0.6 is 0 Å². The molecule has 110 valence electrons. The maximum atomic E-state index is 13.8. The Kier molecular flexibility index (Phi) is 4.52. The van der Waals surface area contributed by atoms with Crippen LogP contribution in [-0.4, -0.2) is 39.1 Å². The SMILES string of the molecule is Cc1cc(F)c(C(=O)N2CC[C@@H](C)[S@@](=O)CC2)cc1F. The van der Waals surface area contributed by atoms with Crippen molar-refractivity contribution in [3.63, 3.8) is 0 Å². The molecule has 0 aromatic heterocycles. The summed E-state index contributed by atoms with van der Waals surface area (Å²) in [6, 6.07) is 1.97. The number of carbonyl (C=O) groups is 1. The van der Waals surface area contributed by atoms with E-state index in [1.807, 2.05) is 6.92 Å². The summed E-state index contributed by atoms with van der Waals surface area (Å²) in [6.07, 6.45) is 0.605. The highest BCUT2D eigenvalue weighted by atomic mass is 32.2. The lowest BCUT2D eigenvalue weighted by molar-refractivity contribution is 0.0761. The molecule has 3 nitrogen and oxygen atoms in total. The third kappa shape index (κ3) is 3.06. The lowest BCUT2D eigenvalue weighted by Crippen LogP contribution is -2.34. The van der Waals surface area contributed by atoms with Crippen LogP contribution in [-0.2, 0) is 10.8 Å². The quantitative estimate of drug-likeness (QED) is 0.798. The zero-order valence-corrected chi connectivity index (χ0v) is 12.3. The minimum Gasteiger partial charge on any atom is -0.338 e. The second kappa shape index (κ2) is 5.99. The molecule has 0 N–H and O–H groups in total. The fourth-order valence-corrected chi connectivity index (χ4v) is 3.34. The van der Waals surface area contributed by atoms with Gasteiger partial charge >= 0.3 is 0 Å². The van der Waals surface area contributed by atoms with Gasteiger partial charge in [-0.15, -0.1) is 0 Å². The predicted molar refractivity (Wildman–Crippen MR) is 74.1 cm³/mol. The van der Waals surface area contributed by atoms with Gasteiger partial charge in [-0.05, 0) is 31.0 Å². The van der Waals surface area contributed by atoms with Crippen molar-refractivity contribution in [1.29, 1.82) is 0 Å². The van der Waals surface area contributed by atoms with Gasteiger partial charge in [-0.1, -0.05) is 6.92 Å². The number of halogens is 2. The first-order valence-corrected chi connectivity index (χ1v) is 7.90. The third-order valence-corrected chi connectivity index (χ3v) is 5.30. The summed E-state index contributed by atoms with van der Waals surface area (Å²) in [5.74, 6) is -1.47. The highest BCUT2D eigenvalue weighted by Gasteiger charge is 2.25. The van der Waals surface area contributed by atoms with E-state index < -0.39 is 28.3 Å². The second-order valence-electron chi connectivity index (χ2n) is 5.06. The van der Waals surface area contributed by atoms with Gasteiger partial charge in [0.1, 0.15) is 11.6 Å². The Bertz CT molecular complexity index is 562. The summed E-state index contributed by atoms with van der Waals surface area (Å²) in [5, 5.41) is 0.0207. The van der Waals surface area contributed by atoms with Crippen LogP contribution < -0.4 is 0 Å². The van der Waals surface area contributed by atoms with Crippen molar-refractivity contribution in [3.8, 4) is 0 Å². The molecule has 1 amide bonds. The lowest BCUT2D eigenvalue weighted by atomic mass is 10.1. The first-order valence-electron chi connectivity index (χ1n) is 6.52.